The second-order valence-electron chi connectivity index (χ2n) is 4.52. The van der Waals surface area contributed by atoms with Gasteiger partial charge in [0.2, 0.25) is 0 Å². The second kappa shape index (κ2) is 6.54. The molecule has 0 saturated heterocycles. The van der Waals surface area contributed by atoms with E-state index in [1.165, 1.54) is 19.2 Å². The Morgan fingerprint density at radius 3 is 2.19 bits per heavy atom. The zero-order valence-electron chi connectivity index (χ0n) is 12.2. The minimum Gasteiger partial charge on any atom is -0.497 e. The van der Waals surface area contributed by atoms with Crippen LogP contribution >= 0.6 is 0 Å². The topological polar surface area (TPSA) is 30.5 Å². The normalized spacial score (nSPS) is 10.5. The van der Waals surface area contributed by atoms with Crippen molar-refractivity contribution in [3.8, 4) is 22.6 Å². The predicted octanol–water partition coefficient (Wildman–Crippen LogP) is 3.37. The molecule has 2 rings (SSSR count). The van der Waals surface area contributed by atoms with Gasteiger partial charge in [-0.3, -0.25) is 0 Å². The highest BCUT2D eigenvalue weighted by atomic mass is 19.1. The minimum atomic E-state index is -0.660. The van der Waals surface area contributed by atoms with E-state index in [0.29, 0.717) is 17.9 Å². The molecule has 0 aliphatic heterocycles. The summed E-state index contributed by atoms with van der Waals surface area (Å²) in [5, 5.41) is 3.00. The Bertz CT molecular complexity index is 621. The Hall–Kier alpha value is -2.14. The standard InChI is InChI=1S/C16H17F2NO2/c1-19-9-11-6-10(4-5-15(11)21-3)16-13(17)7-12(20-2)8-14(16)18/h4-8,19H,9H2,1-3H3. The smallest absolute Gasteiger partial charge is 0.137 e. The van der Waals surface area contributed by atoms with Crippen LogP contribution in [0, 0.1) is 11.6 Å². The van der Waals surface area contributed by atoms with Gasteiger partial charge in [0.1, 0.15) is 23.1 Å². The van der Waals surface area contributed by atoms with Gasteiger partial charge < -0.3 is 14.8 Å². The highest BCUT2D eigenvalue weighted by Gasteiger charge is 2.15. The van der Waals surface area contributed by atoms with Crippen LogP contribution in [0.15, 0.2) is 30.3 Å². The lowest BCUT2D eigenvalue weighted by atomic mass is 10.0. The number of nitrogens with one attached hydrogen (secondary N) is 1. The van der Waals surface area contributed by atoms with Crippen molar-refractivity contribution in [2.24, 2.45) is 0 Å². The maximum Gasteiger partial charge on any atom is 0.137 e. The SMILES string of the molecule is CNCc1cc(-c2c(F)cc(OC)cc2F)ccc1OC. The lowest BCUT2D eigenvalue weighted by molar-refractivity contribution is 0.407. The van der Waals surface area contributed by atoms with Crippen molar-refractivity contribution in [2.75, 3.05) is 21.3 Å². The van der Waals surface area contributed by atoms with Crippen LogP contribution in [-0.4, -0.2) is 21.3 Å². The Labute approximate surface area is 122 Å². The van der Waals surface area contributed by atoms with Gasteiger partial charge in [-0.05, 0) is 24.7 Å². The van der Waals surface area contributed by atoms with Gasteiger partial charge >= 0.3 is 0 Å². The van der Waals surface area contributed by atoms with Crippen molar-refractivity contribution in [2.45, 2.75) is 6.54 Å². The average molecular weight is 293 g/mol. The van der Waals surface area contributed by atoms with Gasteiger partial charge in [-0.15, -0.1) is 0 Å². The fourth-order valence-electron chi connectivity index (χ4n) is 2.21. The third-order valence-electron chi connectivity index (χ3n) is 3.19. The minimum absolute atomic E-state index is 0.0733. The third kappa shape index (κ3) is 3.13. The molecule has 0 unspecified atom stereocenters. The first kappa shape index (κ1) is 15.3. The van der Waals surface area contributed by atoms with Crippen molar-refractivity contribution >= 4 is 0 Å². The molecule has 0 heterocycles. The molecular formula is C16H17F2NO2. The average Bonchev–Trinajstić information content (AvgIpc) is 2.47. The maximum absolute atomic E-state index is 14.1. The van der Waals surface area contributed by atoms with Crippen molar-refractivity contribution in [3.63, 3.8) is 0 Å². The summed E-state index contributed by atoms with van der Waals surface area (Å²) in [4.78, 5) is 0. The highest BCUT2D eigenvalue weighted by Crippen LogP contribution is 2.32. The fraction of sp³-hybridized carbons (Fsp3) is 0.250. The summed E-state index contributed by atoms with van der Waals surface area (Å²) >= 11 is 0. The van der Waals surface area contributed by atoms with Gasteiger partial charge in [-0.1, -0.05) is 6.07 Å². The first-order valence-corrected chi connectivity index (χ1v) is 6.45. The van der Waals surface area contributed by atoms with Gasteiger partial charge in [0.25, 0.3) is 0 Å². The van der Waals surface area contributed by atoms with Crippen LogP contribution in [0.5, 0.6) is 11.5 Å². The molecule has 21 heavy (non-hydrogen) atoms. The molecule has 0 saturated carbocycles. The number of hydrogen-bond donors (Lipinski definition) is 1. The summed E-state index contributed by atoms with van der Waals surface area (Å²) < 4.78 is 38.3. The van der Waals surface area contributed by atoms with E-state index in [4.69, 9.17) is 9.47 Å². The summed E-state index contributed by atoms with van der Waals surface area (Å²) in [7, 11) is 4.72. The van der Waals surface area contributed by atoms with Crippen molar-refractivity contribution < 1.29 is 18.3 Å². The van der Waals surface area contributed by atoms with Crippen LogP contribution in [0.2, 0.25) is 0 Å². The zero-order valence-corrected chi connectivity index (χ0v) is 12.2. The molecule has 112 valence electrons. The monoisotopic (exact) mass is 293 g/mol. The van der Waals surface area contributed by atoms with E-state index in [9.17, 15) is 8.78 Å². The molecule has 0 amide bonds. The van der Waals surface area contributed by atoms with Crippen LogP contribution in [-0.2, 0) is 6.54 Å². The van der Waals surface area contributed by atoms with Gasteiger partial charge in [-0.25, -0.2) is 8.78 Å². The van der Waals surface area contributed by atoms with E-state index in [2.05, 4.69) is 5.32 Å². The summed E-state index contributed by atoms with van der Waals surface area (Å²) in [6, 6.07) is 7.38. The van der Waals surface area contributed by atoms with Gasteiger partial charge in [0.05, 0.1) is 19.8 Å². The molecule has 0 bridgehead atoms. The lowest BCUT2D eigenvalue weighted by Crippen LogP contribution is -2.07. The molecule has 0 radical (unpaired) electrons. The summed E-state index contributed by atoms with van der Waals surface area (Å²) in [6.07, 6.45) is 0. The Balaban J connectivity index is 2.54. The molecule has 0 spiro atoms. The molecule has 2 aromatic rings. The fourth-order valence-corrected chi connectivity index (χ4v) is 2.21. The molecule has 0 aliphatic rings. The predicted molar refractivity (Wildman–Crippen MR) is 77.7 cm³/mol. The number of ether oxygens (including phenoxy) is 2. The quantitative estimate of drug-likeness (QED) is 0.917. The largest absolute Gasteiger partial charge is 0.497 e. The van der Waals surface area contributed by atoms with Gasteiger partial charge in [-0.2, -0.15) is 0 Å². The highest BCUT2D eigenvalue weighted by molar-refractivity contribution is 5.68. The van der Waals surface area contributed by atoms with Crippen LogP contribution in [0.4, 0.5) is 8.78 Å². The van der Waals surface area contributed by atoms with E-state index in [-0.39, 0.29) is 11.3 Å². The first-order valence-electron chi connectivity index (χ1n) is 6.45. The Morgan fingerprint density at radius 2 is 1.67 bits per heavy atom. The van der Waals surface area contributed by atoms with Crippen LogP contribution in [0.3, 0.4) is 0 Å². The molecular weight excluding hydrogens is 276 g/mol. The molecule has 5 heteroatoms. The Kier molecular flexibility index (Phi) is 4.75. The molecule has 0 atom stereocenters. The van der Waals surface area contributed by atoms with Crippen LogP contribution in [0.1, 0.15) is 5.56 Å². The van der Waals surface area contributed by atoms with Gasteiger partial charge in [0.15, 0.2) is 0 Å². The van der Waals surface area contributed by atoms with Gasteiger partial charge in [0, 0.05) is 24.2 Å². The first-order chi connectivity index (χ1) is 10.1. The summed E-state index contributed by atoms with van der Waals surface area (Å²) in [6.45, 7) is 0.538. The van der Waals surface area contributed by atoms with E-state index in [0.717, 1.165) is 5.56 Å². The van der Waals surface area contributed by atoms with Crippen molar-refractivity contribution in [1.82, 2.24) is 5.32 Å². The molecule has 0 fully saturated rings. The van der Waals surface area contributed by atoms with E-state index in [1.807, 2.05) is 0 Å². The van der Waals surface area contributed by atoms with Crippen molar-refractivity contribution in [1.29, 1.82) is 0 Å². The third-order valence-corrected chi connectivity index (χ3v) is 3.19. The number of methoxy groups -OCH3 is 2. The zero-order chi connectivity index (χ0) is 15.4. The number of hydrogen-bond acceptors (Lipinski definition) is 3. The van der Waals surface area contributed by atoms with Crippen molar-refractivity contribution in [3.05, 3.63) is 47.5 Å². The van der Waals surface area contributed by atoms with E-state index < -0.39 is 11.6 Å². The Morgan fingerprint density at radius 1 is 1.00 bits per heavy atom. The van der Waals surface area contributed by atoms with Crippen LogP contribution in [0.25, 0.3) is 11.1 Å². The lowest BCUT2D eigenvalue weighted by Gasteiger charge is -2.12. The molecule has 2 aromatic carbocycles. The molecule has 0 aromatic heterocycles. The number of benzene rings is 2. The second-order valence-corrected chi connectivity index (χ2v) is 4.52. The molecule has 3 nitrogen and oxygen atoms in total. The molecule has 0 aliphatic carbocycles. The van der Waals surface area contributed by atoms with E-state index in [1.54, 1.807) is 32.4 Å². The summed E-state index contributed by atoms with van der Waals surface area (Å²) in [5.41, 5.74) is 1.21. The number of rotatable bonds is 5. The maximum atomic E-state index is 14.1. The van der Waals surface area contributed by atoms with E-state index >= 15 is 0 Å². The molecule has 1 N–H and O–H groups in total. The van der Waals surface area contributed by atoms with Crippen LogP contribution < -0.4 is 14.8 Å². The number of halogens is 2. The summed E-state index contributed by atoms with van der Waals surface area (Å²) in [5.74, 6) is -0.500.